The molecule has 2 aromatic rings. The van der Waals surface area contributed by atoms with Crippen molar-refractivity contribution in [1.29, 1.82) is 0 Å². The van der Waals surface area contributed by atoms with Crippen molar-refractivity contribution in [2.45, 2.75) is 18.8 Å². The third-order valence-electron chi connectivity index (χ3n) is 3.98. The Kier molecular flexibility index (Phi) is 3.42. The number of aryl methyl sites for hydroxylation is 1. The van der Waals surface area contributed by atoms with Crippen molar-refractivity contribution in [1.82, 2.24) is 0 Å². The molecular formula is C17H18N2O. The van der Waals surface area contributed by atoms with Crippen LogP contribution >= 0.6 is 0 Å². The van der Waals surface area contributed by atoms with Gasteiger partial charge in [0.05, 0.1) is 0 Å². The lowest BCUT2D eigenvalue weighted by Crippen LogP contribution is -2.38. The molecule has 1 aliphatic rings. The number of hydrogen-bond donors (Lipinski definition) is 1. The van der Waals surface area contributed by atoms with E-state index in [9.17, 15) is 4.79 Å². The third-order valence-corrected chi connectivity index (χ3v) is 3.98. The molecule has 0 bridgehead atoms. The first-order valence-corrected chi connectivity index (χ1v) is 6.95. The quantitative estimate of drug-likeness (QED) is 0.845. The number of para-hydroxylation sites is 1. The number of nitrogens with two attached hydrogens (primary N) is 1. The van der Waals surface area contributed by atoms with Gasteiger partial charge in [0, 0.05) is 18.2 Å². The zero-order valence-corrected chi connectivity index (χ0v) is 11.3. The van der Waals surface area contributed by atoms with Crippen LogP contribution in [0, 0.1) is 0 Å². The first kappa shape index (κ1) is 12.7. The molecule has 0 saturated carbocycles. The largest absolute Gasteiger partial charge is 0.351 e. The second kappa shape index (κ2) is 5.37. The Balaban J connectivity index is 1.96. The Bertz CT molecular complexity index is 609. The molecule has 2 amide bonds. The molecule has 0 unspecified atom stereocenters. The number of hydrogen-bond acceptors (Lipinski definition) is 1. The Morgan fingerprint density at radius 3 is 2.50 bits per heavy atom. The summed E-state index contributed by atoms with van der Waals surface area (Å²) >= 11 is 0. The van der Waals surface area contributed by atoms with E-state index in [1.165, 1.54) is 11.1 Å². The van der Waals surface area contributed by atoms with Gasteiger partial charge in [0.2, 0.25) is 0 Å². The zero-order chi connectivity index (χ0) is 13.9. The number of rotatable bonds is 1. The average Bonchev–Trinajstić information content (AvgIpc) is 2.68. The zero-order valence-electron chi connectivity index (χ0n) is 11.3. The van der Waals surface area contributed by atoms with Gasteiger partial charge in [-0.05, 0) is 30.0 Å². The van der Waals surface area contributed by atoms with Crippen LogP contribution in [0.5, 0.6) is 0 Å². The van der Waals surface area contributed by atoms with Crippen LogP contribution in [0.25, 0.3) is 0 Å². The Morgan fingerprint density at radius 1 is 1.05 bits per heavy atom. The first-order chi connectivity index (χ1) is 9.75. The molecule has 0 radical (unpaired) electrons. The summed E-state index contributed by atoms with van der Waals surface area (Å²) in [4.78, 5) is 13.5. The molecule has 3 heteroatoms. The van der Waals surface area contributed by atoms with E-state index in [2.05, 4.69) is 18.2 Å². The van der Waals surface area contributed by atoms with Crippen molar-refractivity contribution >= 4 is 11.7 Å². The standard InChI is InChI=1S/C17H18N2O/c18-17(20)19-12-15(13-6-2-1-3-7-13)11-10-14-8-4-5-9-16(14)19/h1-9,15H,10-12H2,(H2,18,20)/t15-/m0/s1. The van der Waals surface area contributed by atoms with E-state index in [1.807, 2.05) is 36.4 Å². The van der Waals surface area contributed by atoms with E-state index in [4.69, 9.17) is 5.73 Å². The molecule has 3 rings (SSSR count). The number of nitrogens with zero attached hydrogens (tertiary/aromatic N) is 1. The molecule has 1 aliphatic heterocycles. The highest BCUT2D eigenvalue weighted by molar-refractivity contribution is 5.91. The summed E-state index contributed by atoms with van der Waals surface area (Å²) in [7, 11) is 0. The molecular weight excluding hydrogens is 248 g/mol. The highest BCUT2D eigenvalue weighted by Crippen LogP contribution is 2.32. The van der Waals surface area contributed by atoms with Crippen molar-refractivity contribution in [3.8, 4) is 0 Å². The normalized spacial score (nSPS) is 18.2. The highest BCUT2D eigenvalue weighted by atomic mass is 16.2. The number of carbonyl (C=O) groups is 1. The van der Waals surface area contributed by atoms with Gasteiger partial charge in [-0.25, -0.2) is 4.79 Å². The van der Waals surface area contributed by atoms with E-state index in [-0.39, 0.29) is 6.03 Å². The molecule has 2 N–H and O–H groups in total. The lowest BCUT2D eigenvalue weighted by Gasteiger charge is -2.24. The summed E-state index contributed by atoms with van der Waals surface area (Å²) in [5.74, 6) is 0.330. The van der Waals surface area contributed by atoms with Gasteiger partial charge in [0.25, 0.3) is 0 Å². The summed E-state index contributed by atoms with van der Waals surface area (Å²) in [5.41, 5.74) is 9.00. The Hall–Kier alpha value is -2.29. The number of anilines is 1. The van der Waals surface area contributed by atoms with Crippen molar-refractivity contribution in [3.05, 3.63) is 65.7 Å². The first-order valence-electron chi connectivity index (χ1n) is 6.95. The summed E-state index contributed by atoms with van der Waals surface area (Å²) in [6.07, 6.45) is 2.00. The maximum Gasteiger partial charge on any atom is 0.319 e. The lowest BCUT2D eigenvalue weighted by atomic mass is 9.93. The SMILES string of the molecule is NC(=O)N1C[C@@H](c2ccccc2)CCc2ccccc21. The lowest BCUT2D eigenvalue weighted by molar-refractivity contribution is 0.253. The fourth-order valence-electron chi connectivity index (χ4n) is 2.93. The summed E-state index contributed by atoms with van der Waals surface area (Å²) in [6.45, 7) is 0.649. The van der Waals surface area contributed by atoms with Crippen LogP contribution in [0.15, 0.2) is 54.6 Å². The molecule has 3 nitrogen and oxygen atoms in total. The maximum absolute atomic E-state index is 11.8. The fourth-order valence-corrected chi connectivity index (χ4v) is 2.93. The number of carbonyl (C=O) groups excluding carboxylic acids is 1. The van der Waals surface area contributed by atoms with Crippen LogP contribution in [-0.2, 0) is 6.42 Å². The van der Waals surface area contributed by atoms with Crippen LogP contribution in [0.3, 0.4) is 0 Å². The van der Waals surface area contributed by atoms with Crippen LogP contribution < -0.4 is 10.6 Å². The minimum Gasteiger partial charge on any atom is -0.351 e. The van der Waals surface area contributed by atoms with Crippen molar-refractivity contribution in [2.24, 2.45) is 5.73 Å². The summed E-state index contributed by atoms with van der Waals surface area (Å²) < 4.78 is 0. The number of amides is 2. The van der Waals surface area contributed by atoms with Gasteiger partial charge >= 0.3 is 6.03 Å². The molecule has 2 aromatic carbocycles. The number of benzene rings is 2. The average molecular weight is 266 g/mol. The van der Waals surface area contributed by atoms with Gasteiger partial charge in [0.1, 0.15) is 0 Å². The predicted octanol–water partition coefficient (Wildman–Crippen LogP) is 3.30. The van der Waals surface area contributed by atoms with Crippen molar-refractivity contribution < 1.29 is 4.79 Å². The topological polar surface area (TPSA) is 46.3 Å². The van der Waals surface area contributed by atoms with Crippen LogP contribution in [0.2, 0.25) is 0 Å². The van der Waals surface area contributed by atoms with Crippen molar-refractivity contribution in [2.75, 3.05) is 11.4 Å². The minimum absolute atomic E-state index is 0.330. The molecule has 1 heterocycles. The van der Waals surface area contributed by atoms with E-state index >= 15 is 0 Å². The van der Waals surface area contributed by atoms with Crippen LogP contribution in [-0.4, -0.2) is 12.6 Å². The summed E-state index contributed by atoms with van der Waals surface area (Å²) in [6, 6.07) is 18.0. The molecule has 0 aromatic heterocycles. The van der Waals surface area contributed by atoms with Gasteiger partial charge in [-0.15, -0.1) is 0 Å². The third kappa shape index (κ3) is 2.39. The fraction of sp³-hybridized carbons (Fsp3) is 0.235. The Morgan fingerprint density at radius 2 is 1.75 bits per heavy atom. The maximum atomic E-state index is 11.8. The minimum atomic E-state index is -0.375. The number of urea groups is 1. The molecule has 0 aliphatic carbocycles. The smallest absolute Gasteiger partial charge is 0.319 e. The van der Waals surface area contributed by atoms with Gasteiger partial charge in [-0.2, -0.15) is 0 Å². The van der Waals surface area contributed by atoms with E-state index in [0.29, 0.717) is 12.5 Å². The predicted molar refractivity (Wildman–Crippen MR) is 80.9 cm³/mol. The van der Waals surface area contributed by atoms with Crippen LogP contribution in [0.1, 0.15) is 23.5 Å². The van der Waals surface area contributed by atoms with E-state index < -0.39 is 0 Å². The number of fused-ring (bicyclic) bond motifs is 1. The van der Waals surface area contributed by atoms with Crippen molar-refractivity contribution in [3.63, 3.8) is 0 Å². The molecule has 102 valence electrons. The molecule has 0 spiro atoms. The van der Waals surface area contributed by atoms with Gasteiger partial charge < -0.3 is 5.73 Å². The second-order valence-corrected chi connectivity index (χ2v) is 5.22. The molecule has 1 atom stereocenters. The molecule has 20 heavy (non-hydrogen) atoms. The van der Waals surface area contributed by atoms with E-state index in [1.54, 1.807) is 4.90 Å². The number of primary amides is 1. The van der Waals surface area contributed by atoms with Gasteiger partial charge in [-0.3, -0.25) is 4.90 Å². The summed E-state index contributed by atoms with van der Waals surface area (Å²) in [5, 5.41) is 0. The molecule has 0 saturated heterocycles. The van der Waals surface area contributed by atoms with E-state index in [0.717, 1.165) is 18.5 Å². The van der Waals surface area contributed by atoms with Crippen LogP contribution in [0.4, 0.5) is 10.5 Å². The van der Waals surface area contributed by atoms with Gasteiger partial charge in [-0.1, -0.05) is 48.5 Å². The monoisotopic (exact) mass is 266 g/mol. The van der Waals surface area contributed by atoms with Gasteiger partial charge in [0.15, 0.2) is 0 Å². The highest BCUT2D eigenvalue weighted by Gasteiger charge is 2.25. The molecule has 0 fully saturated rings. The second-order valence-electron chi connectivity index (χ2n) is 5.22. The Labute approximate surface area is 119 Å².